The maximum atomic E-state index is 13.2. The van der Waals surface area contributed by atoms with Gasteiger partial charge in [0.2, 0.25) is 0 Å². The van der Waals surface area contributed by atoms with Crippen LogP contribution in [0.1, 0.15) is 17.8 Å². The van der Waals surface area contributed by atoms with Gasteiger partial charge >= 0.3 is 57.6 Å². The SMILES string of the molecule is NCCO[C-]=CN=c1ccc(-c2c(-c3cccc(C(F)(F)F)n3)nn3c2CCC3)c[cH-]1.[K+]. The molecule has 162 valence electrons. The van der Waals surface area contributed by atoms with Gasteiger partial charge in [-0.25, -0.2) is 4.98 Å². The molecule has 0 saturated heterocycles. The number of ether oxygens (including phenoxy) is 1. The molecule has 2 N–H and O–H groups in total. The van der Waals surface area contributed by atoms with E-state index in [-0.39, 0.29) is 57.1 Å². The minimum absolute atomic E-state index is 0. The van der Waals surface area contributed by atoms with Crippen LogP contribution in [0.5, 0.6) is 0 Å². The maximum absolute atomic E-state index is 13.2. The molecule has 0 saturated carbocycles. The van der Waals surface area contributed by atoms with Gasteiger partial charge in [-0.3, -0.25) is 10.9 Å². The summed E-state index contributed by atoms with van der Waals surface area (Å²) < 4.78 is 46.4. The molecule has 0 aliphatic carbocycles. The molecular formula is C22H20F3KN5O-. The fourth-order valence-electron chi connectivity index (χ4n) is 3.51. The summed E-state index contributed by atoms with van der Waals surface area (Å²) in [5, 5.41) is 5.27. The van der Waals surface area contributed by atoms with Gasteiger partial charge in [0.25, 0.3) is 0 Å². The molecule has 1 aliphatic heterocycles. The summed E-state index contributed by atoms with van der Waals surface area (Å²) in [5.41, 5.74) is 7.72. The first-order valence-corrected chi connectivity index (χ1v) is 9.82. The van der Waals surface area contributed by atoms with Crippen LogP contribution >= 0.6 is 0 Å². The minimum Gasteiger partial charge on any atom is -0.691 e. The van der Waals surface area contributed by atoms with Crippen molar-refractivity contribution in [3.8, 4) is 22.5 Å². The third-order valence-electron chi connectivity index (χ3n) is 4.85. The van der Waals surface area contributed by atoms with Crippen molar-refractivity contribution < 1.29 is 69.3 Å². The number of nitrogens with zero attached hydrogens (tertiary/aromatic N) is 4. The second-order valence-corrected chi connectivity index (χ2v) is 6.96. The Kier molecular flexibility index (Phi) is 8.53. The molecule has 0 atom stereocenters. The van der Waals surface area contributed by atoms with Crippen LogP contribution in [0.3, 0.4) is 0 Å². The Balaban J connectivity index is 0.00000289. The number of pyridine rings is 1. The van der Waals surface area contributed by atoms with Crippen LogP contribution in [-0.4, -0.2) is 27.9 Å². The predicted octanol–water partition coefficient (Wildman–Crippen LogP) is 0.450. The van der Waals surface area contributed by atoms with Crippen LogP contribution in [0.2, 0.25) is 0 Å². The second-order valence-electron chi connectivity index (χ2n) is 6.96. The molecule has 3 aromatic rings. The first-order valence-electron chi connectivity index (χ1n) is 9.82. The zero-order valence-corrected chi connectivity index (χ0v) is 20.7. The summed E-state index contributed by atoms with van der Waals surface area (Å²) in [6, 6.07) is 11.3. The standard InChI is InChI=1S/C22H20F3N5O.K/c23-22(24,25)19-5-1-3-17(28-19)21-20(18-4-2-12-30(18)29-21)15-6-8-16(9-7-15)27-11-14-31-13-10-26;/h1,3,5-9,11H,2,4,10,12-13,26H2;/q-2;+1. The van der Waals surface area contributed by atoms with E-state index in [2.05, 4.69) is 21.3 Å². The Hall–Kier alpha value is -1.69. The number of rotatable bonds is 6. The summed E-state index contributed by atoms with van der Waals surface area (Å²) >= 11 is 0. The number of benzene rings is 1. The minimum atomic E-state index is -4.51. The van der Waals surface area contributed by atoms with E-state index in [1.165, 1.54) is 12.3 Å². The van der Waals surface area contributed by atoms with Crippen LogP contribution in [0.4, 0.5) is 13.2 Å². The molecule has 0 spiro atoms. The van der Waals surface area contributed by atoms with Gasteiger partial charge in [0, 0.05) is 18.8 Å². The number of halogens is 3. The molecule has 0 amide bonds. The van der Waals surface area contributed by atoms with Crippen molar-refractivity contribution in [2.24, 2.45) is 10.7 Å². The Morgan fingerprint density at radius 2 is 2.12 bits per heavy atom. The number of fused-ring (bicyclic) bond motifs is 1. The summed E-state index contributed by atoms with van der Waals surface area (Å²) in [6.07, 6.45) is 1.23. The number of nitrogens with two attached hydrogens (primary N) is 1. The van der Waals surface area contributed by atoms with Crippen molar-refractivity contribution in [2.75, 3.05) is 13.2 Å². The molecule has 0 fully saturated rings. The van der Waals surface area contributed by atoms with E-state index in [1.807, 2.05) is 28.9 Å². The molecule has 2 aromatic heterocycles. The van der Waals surface area contributed by atoms with Crippen molar-refractivity contribution in [2.45, 2.75) is 25.6 Å². The topological polar surface area (TPSA) is 78.3 Å². The molecular weight excluding hydrogens is 446 g/mol. The smallest absolute Gasteiger partial charge is 0.691 e. The van der Waals surface area contributed by atoms with E-state index in [0.29, 0.717) is 24.2 Å². The van der Waals surface area contributed by atoms with Gasteiger partial charge in [0.05, 0.1) is 12.3 Å². The normalized spacial score (nSPS) is 13.1. The van der Waals surface area contributed by atoms with Crippen molar-refractivity contribution in [1.82, 2.24) is 14.8 Å². The van der Waals surface area contributed by atoms with E-state index in [0.717, 1.165) is 42.3 Å². The molecule has 1 aromatic carbocycles. The Bertz CT molecular complexity index is 1150. The van der Waals surface area contributed by atoms with Gasteiger partial charge in [-0.2, -0.15) is 30.4 Å². The third-order valence-corrected chi connectivity index (χ3v) is 4.85. The predicted molar refractivity (Wildman–Crippen MR) is 108 cm³/mol. The monoisotopic (exact) mass is 466 g/mol. The summed E-state index contributed by atoms with van der Waals surface area (Å²) in [6.45, 7) is 1.50. The Morgan fingerprint density at radius 1 is 1.28 bits per heavy atom. The first kappa shape index (κ1) is 24.9. The van der Waals surface area contributed by atoms with Crippen LogP contribution in [0.25, 0.3) is 22.5 Å². The third kappa shape index (κ3) is 5.62. The quantitative estimate of drug-likeness (QED) is 0.248. The van der Waals surface area contributed by atoms with E-state index in [1.54, 1.807) is 6.07 Å². The summed E-state index contributed by atoms with van der Waals surface area (Å²) in [7, 11) is 0. The molecule has 10 heteroatoms. The van der Waals surface area contributed by atoms with Crippen molar-refractivity contribution in [1.29, 1.82) is 0 Å². The van der Waals surface area contributed by atoms with E-state index >= 15 is 0 Å². The molecule has 0 bridgehead atoms. The average Bonchev–Trinajstić information content (AvgIpc) is 3.35. The first-order chi connectivity index (χ1) is 15.0. The molecule has 3 heterocycles. The van der Waals surface area contributed by atoms with Gasteiger partial charge in [0.15, 0.2) is 0 Å². The number of hydrogen-bond acceptors (Lipinski definition) is 5. The van der Waals surface area contributed by atoms with Gasteiger partial charge < -0.3 is 15.5 Å². The average molecular weight is 467 g/mol. The summed E-state index contributed by atoms with van der Waals surface area (Å²) in [4.78, 5) is 8.07. The van der Waals surface area contributed by atoms with Crippen molar-refractivity contribution >= 4 is 0 Å². The molecule has 4 rings (SSSR count). The fraction of sp³-hybridized carbons (Fsp3) is 0.273. The molecule has 6 nitrogen and oxygen atoms in total. The largest absolute Gasteiger partial charge is 1.00 e. The number of hydrogen-bond donors (Lipinski definition) is 1. The van der Waals surface area contributed by atoms with Gasteiger partial charge in [-0.1, -0.05) is 6.07 Å². The van der Waals surface area contributed by atoms with Crippen molar-refractivity contribution in [3.05, 3.63) is 71.7 Å². The van der Waals surface area contributed by atoms with Gasteiger partial charge in [0.1, 0.15) is 11.4 Å². The van der Waals surface area contributed by atoms with Crippen LogP contribution in [0, 0.1) is 6.26 Å². The fourth-order valence-corrected chi connectivity index (χ4v) is 3.51. The van der Waals surface area contributed by atoms with E-state index in [9.17, 15) is 13.2 Å². The molecule has 1 aliphatic rings. The Morgan fingerprint density at radius 3 is 2.84 bits per heavy atom. The molecule has 0 radical (unpaired) electrons. The van der Waals surface area contributed by atoms with E-state index < -0.39 is 11.9 Å². The number of alkyl halides is 3. The second kappa shape index (κ2) is 11.0. The van der Waals surface area contributed by atoms with Gasteiger partial charge in [-0.05, 0) is 35.9 Å². The summed E-state index contributed by atoms with van der Waals surface area (Å²) in [5.74, 6) is 0. The van der Waals surface area contributed by atoms with Crippen molar-refractivity contribution in [3.63, 3.8) is 0 Å². The number of aryl methyl sites for hydroxylation is 1. The Labute approximate surface area is 225 Å². The number of aromatic nitrogens is 3. The van der Waals surface area contributed by atoms with E-state index in [4.69, 9.17) is 10.5 Å². The van der Waals surface area contributed by atoms with Gasteiger partial charge in [-0.15, -0.1) is 23.9 Å². The molecule has 0 unspecified atom stereocenters. The van der Waals surface area contributed by atoms with Crippen LogP contribution in [-0.2, 0) is 23.9 Å². The molecule has 32 heavy (non-hydrogen) atoms. The maximum Gasteiger partial charge on any atom is 1.00 e. The zero-order valence-electron chi connectivity index (χ0n) is 17.6. The van der Waals surface area contributed by atoms with Crippen LogP contribution in [0.15, 0.2) is 53.7 Å². The van der Waals surface area contributed by atoms with Crippen LogP contribution < -0.4 is 62.5 Å². The zero-order chi connectivity index (χ0) is 21.8.